The first-order chi connectivity index (χ1) is 7.40. The molecule has 0 amide bonds. The van der Waals surface area contributed by atoms with Crippen LogP contribution in [-0.2, 0) is 12.2 Å². The summed E-state index contributed by atoms with van der Waals surface area (Å²) in [7, 11) is 1.78. The van der Waals surface area contributed by atoms with E-state index in [-0.39, 0.29) is 29.4 Å². The van der Waals surface area contributed by atoms with Crippen LogP contribution < -0.4 is 5.32 Å². The number of hydrogen-bond acceptors (Lipinski definition) is 5. The lowest BCUT2D eigenvalue weighted by Crippen LogP contribution is -2.24. The Morgan fingerprint density at radius 3 is 2.75 bits per heavy atom. The largest absolute Gasteiger partial charge is 0.442 e. The van der Waals surface area contributed by atoms with Crippen molar-refractivity contribution < 1.29 is 17.7 Å². The van der Waals surface area contributed by atoms with Crippen molar-refractivity contribution in [2.24, 2.45) is 0 Å². The van der Waals surface area contributed by atoms with Gasteiger partial charge in [-0.15, -0.1) is 0 Å². The molecule has 0 saturated heterocycles. The summed E-state index contributed by atoms with van der Waals surface area (Å²) in [5.41, 5.74) is -4.27. The van der Waals surface area contributed by atoms with E-state index in [2.05, 4.69) is 15.5 Å². The van der Waals surface area contributed by atoms with Crippen LogP contribution in [0.1, 0.15) is 18.6 Å². The molecular formula is C8H12F3N3OS. The lowest BCUT2D eigenvalue weighted by atomic mass is 10.2. The summed E-state index contributed by atoms with van der Waals surface area (Å²) in [5, 5.41) is 6.57. The maximum absolute atomic E-state index is 11.9. The third-order valence-corrected chi connectivity index (χ3v) is 2.57. The van der Waals surface area contributed by atoms with Gasteiger partial charge in [0.25, 0.3) is 0 Å². The maximum atomic E-state index is 11.9. The van der Waals surface area contributed by atoms with Crippen molar-refractivity contribution in [2.75, 3.05) is 7.05 Å². The van der Waals surface area contributed by atoms with Gasteiger partial charge in [0.05, 0.1) is 5.75 Å². The first-order valence-electron chi connectivity index (χ1n) is 4.60. The zero-order valence-corrected chi connectivity index (χ0v) is 9.65. The average molecular weight is 255 g/mol. The summed E-state index contributed by atoms with van der Waals surface area (Å²) in [6, 6.07) is 0.153. The van der Waals surface area contributed by atoms with E-state index in [1.807, 2.05) is 6.92 Å². The SMILES string of the molecule is CNC(C)Cc1noc(CSC(F)(F)F)n1. The van der Waals surface area contributed by atoms with Crippen LogP contribution in [0.4, 0.5) is 13.2 Å². The first kappa shape index (κ1) is 13.3. The van der Waals surface area contributed by atoms with Crippen LogP contribution in [0.25, 0.3) is 0 Å². The highest BCUT2D eigenvalue weighted by Gasteiger charge is 2.29. The minimum Gasteiger partial charge on any atom is -0.338 e. The number of hydrogen-bond donors (Lipinski definition) is 1. The van der Waals surface area contributed by atoms with E-state index in [1.54, 1.807) is 7.05 Å². The molecule has 0 aliphatic carbocycles. The Balaban J connectivity index is 2.45. The highest BCUT2D eigenvalue weighted by molar-refractivity contribution is 7.99. The van der Waals surface area contributed by atoms with Gasteiger partial charge < -0.3 is 9.84 Å². The predicted molar refractivity (Wildman–Crippen MR) is 53.9 cm³/mol. The van der Waals surface area contributed by atoms with Gasteiger partial charge in [0.15, 0.2) is 5.82 Å². The summed E-state index contributed by atoms with van der Waals surface area (Å²) in [5.74, 6) is 0.0741. The van der Waals surface area contributed by atoms with Gasteiger partial charge in [0.1, 0.15) is 0 Å². The molecule has 16 heavy (non-hydrogen) atoms. The van der Waals surface area contributed by atoms with Gasteiger partial charge >= 0.3 is 5.51 Å². The highest BCUT2D eigenvalue weighted by atomic mass is 32.2. The molecule has 1 aromatic rings. The fourth-order valence-electron chi connectivity index (χ4n) is 0.951. The number of thioether (sulfide) groups is 1. The van der Waals surface area contributed by atoms with Crippen LogP contribution in [-0.4, -0.2) is 28.7 Å². The second-order valence-electron chi connectivity index (χ2n) is 3.23. The molecule has 1 heterocycles. The average Bonchev–Trinajstić information content (AvgIpc) is 2.61. The van der Waals surface area contributed by atoms with Gasteiger partial charge in [0.2, 0.25) is 5.89 Å². The molecule has 8 heteroatoms. The number of nitrogens with zero attached hydrogens (tertiary/aromatic N) is 2. The van der Waals surface area contributed by atoms with E-state index < -0.39 is 5.51 Å². The fourth-order valence-corrected chi connectivity index (χ4v) is 1.36. The minimum absolute atomic E-state index is 0.000582. The van der Waals surface area contributed by atoms with E-state index in [1.165, 1.54) is 0 Å². The first-order valence-corrected chi connectivity index (χ1v) is 5.58. The summed E-state index contributed by atoms with van der Waals surface area (Å²) >= 11 is -0.187. The number of halogens is 3. The zero-order chi connectivity index (χ0) is 12.2. The van der Waals surface area contributed by atoms with Gasteiger partial charge in [-0.3, -0.25) is 0 Å². The van der Waals surface area contributed by atoms with Crippen molar-refractivity contribution in [3.8, 4) is 0 Å². The normalized spacial score (nSPS) is 14.1. The summed E-state index contributed by atoms with van der Waals surface area (Å²) < 4.78 is 40.3. The standard InChI is InChI=1S/C8H12F3N3OS/c1-5(12-2)3-6-13-7(15-14-6)4-16-8(9,10)11/h5,12H,3-4H2,1-2H3. The monoisotopic (exact) mass is 255 g/mol. The summed E-state index contributed by atoms with van der Waals surface area (Å²) in [6.45, 7) is 1.92. The summed E-state index contributed by atoms with van der Waals surface area (Å²) in [6.07, 6.45) is 0.524. The molecule has 1 N–H and O–H groups in total. The number of rotatable bonds is 5. The van der Waals surface area contributed by atoms with Gasteiger partial charge in [-0.1, -0.05) is 5.16 Å². The van der Waals surface area contributed by atoms with Crippen molar-refractivity contribution in [3.63, 3.8) is 0 Å². The van der Waals surface area contributed by atoms with Crippen molar-refractivity contribution in [1.29, 1.82) is 0 Å². The molecule has 0 saturated carbocycles. The van der Waals surface area contributed by atoms with Gasteiger partial charge in [-0.25, -0.2) is 0 Å². The molecule has 0 aliphatic rings. The summed E-state index contributed by atoms with van der Waals surface area (Å²) in [4.78, 5) is 3.86. The van der Waals surface area contributed by atoms with Crippen molar-refractivity contribution in [1.82, 2.24) is 15.5 Å². The molecule has 0 radical (unpaired) electrons. The molecule has 92 valence electrons. The second kappa shape index (κ2) is 5.53. The number of likely N-dealkylation sites (N-methyl/N-ethyl adjacent to an activating group) is 1. The Labute approximate surface area is 95.0 Å². The fraction of sp³-hybridized carbons (Fsp3) is 0.750. The number of aromatic nitrogens is 2. The molecule has 4 nitrogen and oxygen atoms in total. The third-order valence-electron chi connectivity index (χ3n) is 1.85. The van der Waals surface area contributed by atoms with E-state index in [9.17, 15) is 13.2 Å². The molecule has 0 aliphatic heterocycles. The molecule has 1 unspecified atom stereocenters. The minimum atomic E-state index is -4.27. The molecule has 0 fully saturated rings. The van der Waals surface area contributed by atoms with Gasteiger partial charge in [0, 0.05) is 12.5 Å². The third kappa shape index (κ3) is 4.84. The molecule has 0 bridgehead atoms. The van der Waals surface area contributed by atoms with E-state index >= 15 is 0 Å². The second-order valence-corrected chi connectivity index (χ2v) is 4.27. The number of nitrogens with one attached hydrogen (secondary N) is 1. The van der Waals surface area contributed by atoms with Crippen LogP contribution in [0.2, 0.25) is 0 Å². The molecule has 0 aromatic carbocycles. The Hall–Kier alpha value is -0.760. The molecule has 1 atom stereocenters. The van der Waals surface area contributed by atoms with Crippen LogP contribution in [0.3, 0.4) is 0 Å². The Morgan fingerprint density at radius 1 is 1.50 bits per heavy atom. The Kier molecular flexibility index (Phi) is 4.60. The van der Waals surface area contributed by atoms with Crippen molar-refractivity contribution >= 4 is 11.8 Å². The lowest BCUT2D eigenvalue weighted by molar-refractivity contribution is -0.0330. The van der Waals surface area contributed by atoms with E-state index in [0.717, 1.165) is 0 Å². The maximum Gasteiger partial charge on any atom is 0.442 e. The highest BCUT2D eigenvalue weighted by Crippen LogP contribution is 2.32. The van der Waals surface area contributed by atoms with E-state index in [4.69, 9.17) is 4.52 Å². The van der Waals surface area contributed by atoms with Crippen molar-refractivity contribution in [2.45, 2.75) is 30.6 Å². The molecule has 0 spiro atoms. The van der Waals surface area contributed by atoms with E-state index in [0.29, 0.717) is 12.2 Å². The molecular weight excluding hydrogens is 243 g/mol. The Bertz CT molecular complexity index is 329. The smallest absolute Gasteiger partial charge is 0.338 e. The van der Waals surface area contributed by atoms with Crippen molar-refractivity contribution in [3.05, 3.63) is 11.7 Å². The topological polar surface area (TPSA) is 51.0 Å². The Morgan fingerprint density at radius 2 is 2.19 bits per heavy atom. The van der Waals surface area contributed by atoms with Crippen LogP contribution in [0.15, 0.2) is 4.52 Å². The molecule has 1 aromatic heterocycles. The zero-order valence-electron chi connectivity index (χ0n) is 8.84. The number of alkyl halides is 3. The quantitative estimate of drug-likeness (QED) is 0.871. The van der Waals surface area contributed by atoms with Crippen LogP contribution in [0.5, 0.6) is 0 Å². The molecule has 1 rings (SSSR count). The van der Waals surface area contributed by atoms with Gasteiger partial charge in [-0.05, 0) is 25.7 Å². The lowest BCUT2D eigenvalue weighted by Gasteiger charge is -2.04. The van der Waals surface area contributed by atoms with Gasteiger partial charge in [-0.2, -0.15) is 18.2 Å². The van der Waals surface area contributed by atoms with Crippen LogP contribution in [0, 0.1) is 0 Å². The predicted octanol–water partition coefficient (Wildman–Crippen LogP) is 1.97. The van der Waals surface area contributed by atoms with Crippen LogP contribution >= 0.6 is 11.8 Å².